The quantitative estimate of drug-likeness (QED) is 0.798. The minimum atomic E-state index is -0.304. The zero-order chi connectivity index (χ0) is 16.5. The summed E-state index contributed by atoms with van der Waals surface area (Å²) in [5.41, 5.74) is 2.88. The first-order valence-electron chi connectivity index (χ1n) is 7.63. The van der Waals surface area contributed by atoms with Gasteiger partial charge in [-0.15, -0.1) is 0 Å². The molecule has 0 spiro atoms. The summed E-state index contributed by atoms with van der Waals surface area (Å²) in [7, 11) is 1.36. The molecule has 0 unspecified atom stereocenters. The molecule has 4 nitrogen and oxygen atoms in total. The maximum absolute atomic E-state index is 12.1. The second kappa shape index (κ2) is 8.73. The number of hydrogen-bond acceptors (Lipinski definition) is 3. The van der Waals surface area contributed by atoms with Crippen molar-refractivity contribution in [2.75, 3.05) is 13.7 Å². The van der Waals surface area contributed by atoms with E-state index in [1.807, 2.05) is 54.6 Å². The third-order valence-corrected chi connectivity index (χ3v) is 3.61. The molecule has 1 amide bonds. The minimum Gasteiger partial charge on any atom is -0.469 e. The first-order valence-corrected chi connectivity index (χ1v) is 7.63. The predicted octanol–water partition coefficient (Wildman–Crippen LogP) is 2.30. The number of carbonyl (C=O) groups excluding carboxylic acids is 2. The average Bonchev–Trinajstić information content (AvgIpc) is 2.57. The van der Waals surface area contributed by atoms with Gasteiger partial charge in [-0.05, 0) is 23.1 Å². The zero-order valence-electron chi connectivity index (χ0n) is 13.2. The molecule has 2 aromatic carbocycles. The lowest BCUT2D eigenvalue weighted by Crippen LogP contribution is -2.27. The van der Waals surface area contributed by atoms with E-state index in [1.54, 1.807) is 0 Å². The van der Waals surface area contributed by atoms with Crippen LogP contribution < -0.4 is 5.32 Å². The van der Waals surface area contributed by atoms with Gasteiger partial charge >= 0.3 is 5.97 Å². The summed E-state index contributed by atoms with van der Waals surface area (Å²) in [5, 5.41) is 2.92. The van der Waals surface area contributed by atoms with Crippen LogP contribution in [0.2, 0.25) is 0 Å². The Bertz CT molecular complexity index is 653. The number of rotatable bonds is 7. The molecule has 0 aliphatic heterocycles. The van der Waals surface area contributed by atoms with Gasteiger partial charge in [0.2, 0.25) is 5.91 Å². The van der Waals surface area contributed by atoms with Crippen molar-refractivity contribution in [2.45, 2.75) is 19.3 Å². The minimum absolute atomic E-state index is 0.0433. The number of hydrogen-bond donors (Lipinski definition) is 1. The molecule has 0 fully saturated rings. The molecule has 2 aromatic rings. The fourth-order valence-electron chi connectivity index (χ4n) is 2.36. The summed E-state index contributed by atoms with van der Waals surface area (Å²) < 4.78 is 4.69. The summed E-state index contributed by atoms with van der Waals surface area (Å²) in [4.78, 5) is 23.5. The third-order valence-electron chi connectivity index (χ3n) is 3.61. The van der Waals surface area contributed by atoms with Gasteiger partial charge < -0.3 is 10.1 Å². The summed E-state index contributed by atoms with van der Waals surface area (Å²) in [5.74, 6) is -0.347. The van der Waals surface area contributed by atoms with Crippen LogP contribution in [-0.2, 0) is 33.6 Å². The summed E-state index contributed by atoms with van der Waals surface area (Å²) in [6, 6.07) is 17.5. The van der Waals surface area contributed by atoms with E-state index in [0.29, 0.717) is 6.54 Å². The molecule has 0 bridgehead atoms. The molecule has 4 heteroatoms. The summed E-state index contributed by atoms with van der Waals surface area (Å²) >= 11 is 0. The van der Waals surface area contributed by atoms with Crippen molar-refractivity contribution in [3.05, 3.63) is 71.3 Å². The number of benzene rings is 2. The number of esters is 1. The molecule has 1 N–H and O–H groups in total. The first-order chi connectivity index (χ1) is 11.2. The Morgan fingerprint density at radius 3 is 2.17 bits per heavy atom. The van der Waals surface area contributed by atoms with Crippen LogP contribution in [0.15, 0.2) is 54.6 Å². The van der Waals surface area contributed by atoms with Gasteiger partial charge in [-0.25, -0.2) is 0 Å². The fraction of sp³-hybridized carbons (Fsp3) is 0.263. The van der Waals surface area contributed by atoms with E-state index in [0.717, 1.165) is 17.5 Å². The molecular formula is C19H21NO3. The van der Waals surface area contributed by atoms with E-state index in [4.69, 9.17) is 0 Å². The lowest BCUT2D eigenvalue weighted by Gasteiger charge is -2.09. The van der Waals surface area contributed by atoms with Crippen LogP contribution in [0, 0.1) is 0 Å². The molecule has 0 atom stereocenters. The Hall–Kier alpha value is -2.62. The van der Waals surface area contributed by atoms with Gasteiger partial charge in [0.15, 0.2) is 0 Å². The van der Waals surface area contributed by atoms with Gasteiger partial charge in [-0.3, -0.25) is 9.59 Å². The molecule has 0 aliphatic carbocycles. The van der Waals surface area contributed by atoms with E-state index < -0.39 is 0 Å². The highest BCUT2D eigenvalue weighted by atomic mass is 16.5. The molecule has 2 rings (SSSR count). The van der Waals surface area contributed by atoms with Crippen LogP contribution in [0.5, 0.6) is 0 Å². The summed E-state index contributed by atoms with van der Waals surface area (Å²) in [6.45, 7) is 0.599. The molecule has 0 aromatic heterocycles. The number of nitrogens with one attached hydrogen (secondary N) is 1. The van der Waals surface area contributed by atoms with Crippen molar-refractivity contribution < 1.29 is 14.3 Å². The van der Waals surface area contributed by atoms with Crippen molar-refractivity contribution in [3.63, 3.8) is 0 Å². The second-order valence-corrected chi connectivity index (χ2v) is 5.28. The zero-order valence-corrected chi connectivity index (χ0v) is 13.2. The molecular weight excluding hydrogens is 290 g/mol. The molecule has 120 valence electrons. The first kappa shape index (κ1) is 16.7. The molecule has 23 heavy (non-hydrogen) atoms. The summed E-state index contributed by atoms with van der Waals surface area (Å²) in [6.07, 6.45) is 1.25. The van der Waals surface area contributed by atoms with E-state index >= 15 is 0 Å². The van der Waals surface area contributed by atoms with E-state index in [-0.39, 0.29) is 24.7 Å². The van der Waals surface area contributed by atoms with E-state index in [2.05, 4.69) is 10.1 Å². The SMILES string of the molecule is COC(=O)Cc1ccccc1CC(=O)NCCc1ccccc1. The van der Waals surface area contributed by atoms with Gasteiger partial charge in [0.05, 0.1) is 20.0 Å². The van der Waals surface area contributed by atoms with Crippen LogP contribution >= 0.6 is 0 Å². The molecule has 0 aliphatic rings. The maximum Gasteiger partial charge on any atom is 0.309 e. The molecule has 0 heterocycles. The number of ether oxygens (including phenoxy) is 1. The Morgan fingerprint density at radius 2 is 1.52 bits per heavy atom. The van der Waals surface area contributed by atoms with E-state index in [9.17, 15) is 9.59 Å². The normalized spacial score (nSPS) is 10.1. The van der Waals surface area contributed by atoms with Crippen LogP contribution in [0.25, 0.3) is 0 Å². The average molecular weight is 311 g/mol. The van der Waals surface area contributed by atoms with Crippen LogP contribution in [0.4, 0.5) is 0 Å². The largest absolute Gasteiger partial charge is 0.469 e. The van der Waals surface area contributed by atoms with Crippen molar-refractivity contribution >= 4 is 11.9 Å². The lowest BCUT2D eigenvalue weighted by molar-refractivity contribution is -0.139. The molecule has 0 radical (unpaired) electrons. The molecule has 0 saturated heterocycles. The predicted molar refractivity (Wildman–Crippen MR) is 89.0 cm³/mol. The van der Waals surface area contributed by atoms with Crippen molar-refractivity contribution in [1.29, 1.82) is 0 Å². The van der Waals surface area contributed by atoms with Crippen molar-refractivity contribution in [1.82, 2.24) is 5.32 Å². The standard InChI is InChI=1S/C19H21NO3/c1-23-19(22)14-17-10-6-5-9-16(17)13-18(21)20-12-11-15-7-3-2-4-8-15/h2-10H,11-14H2,1H3,(H,20,21). The lowest BCUT2D eigenvalue weighted by atomic mass is 10.0. The Labute approximate surface area is 136 Å². The van der Waals surface area contributed by atoms with Crippen LogP contribution in [0.3, 0.4) is 0 Å². The fourth-order valence-corrected chi connectivity index (χ4v) is 2.36. The Morgan fingerprint density at radius 1 is 0.913 bits per heavy atom. The van der Waals surface area contributed by atoms with E-state index in [1.165, 1.54) is 12.7 Å². The number of carbonyl (C=O) groups is 2. The molecule has 0 saturated carbocycles. The monoisotopic (exact) mass is 311 g/mol. The highest BCUT2D eigenvalue weighted by molar-refractivity contribution is 5.80. The second-order valence-electron chi connectivity index (χ2n) is 5.28. The van der Waals surface area contributed by atoms with Crippen molar-refractivity contribution in [3.8, 4) is 0 Å². The van der Waals surface area contributed by atoms with Gasteiger partial charge in [0.1, 0.15) is 0 Å². The topological polar surface area (TPSA) is 55.4 Å². The van der Waals surface area contributed by atoms with Gasteiger partial charge in [0, 0.05) is 6.54 Å². The van der Waals surface area contributed by atoms with Gasteiger partial charge in [-0.1, -0.05) is 54.6 Å². The third kappa shape index (κ3) is 5.58. The van der Waals surface area contributed by atoms with Crippen LogP contribution in [-0.4, -0.2) is 25.5 Å². The highest BCUT2D eigenvalue weighted by Crippen LogP contribution is 2.11. The number of amides is 1. The van der Waals surface area contributed by atoms with Gasteiger partial charge in [-0.2, -0.15) is 0 Å². The van der Waals surface area contributed by atoms with Crippen LogP contribution in [0.1, 0.15) is 16.7 Å². The van der Waals surface area contributed by atoms with Gasteiger partial charge in [0.25, 0.3) is 0 Å². The smallest absolute Gasteiger partial charge is 0.309 e. The Balaban J connectivity index is 1.86. The Kier molecular flexibility index (Phi) is 6.36. The maximum atomic E-state index is 12.1. The highest BCUT2D eigenvalue weighted by Gasteiger charge is 2.10. The number of methoxy groups -OCH3 is 1. The van der Waals surface area contributed by atoms with Crippen molar-refractivity contribution in [2.24, 2.45) is 0 Å².